The lowest BCUT2D eigenvalue weighted by Crippen LogP contribution is -1.94. The van der Waals surface area contributed by atoms with E-state index >= 15 is 0 Å². The summed E-state index contributed by atoms with van der Waals surface area (Å²) in [5, 5.41) is 6.72. The highest BCUT2D eigenvalue weighted by molar-refractivity contribution is 5.95. The Balaban J connectivity index is 2.41. The zero-order valence-corrected chi connectivity index (χ0v) is 9.73. The SMILES string of the molecule is Cc1nc2cccc(-c3cn[nH]c3N)c2n1C. The van der Waals surface area contributed by atoms with Crippen LogP contribution in [0.4, 0.5) is 5.82 Å². The van der Waals surface area contributed by atoms with Crippen molar-refractivity contribution in [1.82, 2.24) is 19.7 Å². The van der Waals surface area contributed by atoms with Crippen LogP contribution in [0.5, 0.6) is 0 Å². The summed E-state index contributed by atoms with van der Waals surface area (Å²) in [6.07, 6.45) is 1.74. The molecule has 86 valence electrons. The van der Waals surface area contributed by atoms with Gasteiger partial charge in [-0.2, -0.15) is 5.10 Å². The van der Waals surface area contributed by atoms with E-state index in [0.717, 1.165) is 28.0 Å². The van der Waals surface area contributed by atoms with Crippen molar-refractivity contribution in [3.8, 4) is 11.1 Å². The highest BCUT2D eigenvalue weighted by Crippen LogP contribution is 2.31. The van der Waals surface area contributed by atoms with Crippen molar-refractivity contribution in [1.29, 1.82) is 0 Å². The lowest BCUT2D eigenvalue weighted by atomic mass is 10.1. The summed E-state index contributed by atoms with van der Waals surface area (Å²) < 4.78 is 2.07. The van der Waals surface area contributed by atoms with Crippen molar-refractivity contribution in [2.24, 2.45) is 7.05 Å². The van der Waals surface area contributed by atoms with Crippen LogP contribution < -0.4 is 5.73 Å². The molecular formula is C12H13N5. The van der Waals surface area contributed by atoms with Crippen molar-refractivity contribution in [2.75, 3.05) is 5.73 Å². The topological polar surface area (TPSA) is 72.5 Å². The van der Waals surface area contributed by atoms with E-state index in [9.17, 15) is 0 Å². The van der Waals surface area contributed by atoms with Gasteiger partial charge in [0.25, 0.3) is 0 Å². The van der Waals surface area contributed by atoms with E-state index in [0.29, 0.717) is 5.82 Å². The molecule has 2 aromatic heterocycles. The fourth-order valence-corrected chi connectivity index (χ4v) is 2.11. The number of anilines is 1. The van der Waals surface area contributed by atoms with Crippen LogP contribution in [0.25, 0.3) is 22.2 Å². The van der Waals surface area contributed by atoms with E-state index in [-0.39, 0.29) is 0 Å². The van der Waals surface area contributed by atoms with Crippen molar-refractivity contribution < 1.29 is 0 Å². The van der Waals surface area contributed by atoms with Gasteiger partial charge in [-0.25, -0.2) is 4.98 Å². The highest BCUT2D eigenvalue weighted by Gasteiger charge is 2.13. The quantitative estimate of drug-likeness (QED) is 0.666. The van der Waals surface area contributed by atoms with Gasteiger partial charge in [0.05, 0.1) is 17.2 Å². The van der Waals surface area contributed by atoms with E-state index < -0.39 is 0 Å². The third-order valence-corrected chi connectivity index (χ3v) is 3.08. The molecular weight excluding hydrogens is 214 g/mol. The van der Waals surface area contributed by atoms with Crippen LogP contribution in [-0.2, 0) is 7.05 Å². The molecule has 5 heteroatoms. The van der Waals surface area contributed by atoms with Gasteiger partial charge in [-0.3, -0.25) is 5.10 Å². The number of fused-ring (bicyclic) bond motifs is 1. The zero-order chi connectivity index (χ0) is 12.0. The minimum atomic E-state index is 0.580. The second-order valence-electron chi connectivity index (χ2n) is 4.09. The first-order valence-corrected chi connectivity index (χ1v) is 5.39. The molecule has 3 N–H and O–H groups in total. The number of benzene rings is 1. The monoisotopic (exact) mass is 227 g/mol. The molecule has 2 heterocycles. The number of aromatic amines is 1. The minimum absolute atomic E-state index is 0.580. The fraction of sp³-hybridized carbons (Fsp3) is 0.167. The van der Waals surface area contributed by atoms with E-state index in [1.165, 1.54) is 0 Å². The Morgan fingerprint density at radius 2 is 2.12 bits per heavy atom. The highest BCUT2D eigenvalue weighted by atomic mass is 15.1. The Kier molecular flexibility index (Phi) is 1.95. The molecule has 0 saturated carbocycles. The van der Waals surface area contributed by atoms with Crippen molar-refractivity contribution in [2.45, 2.75) is 6.92 Å². The number of hydrogen-bond acceptors (Lipinski definition) is 3. The molecule has 0 fully saturated rings. The number of imidazole rings is 1. The Morgan fingerprint density at radius 3 is 2.82 bits per heavy atom. The molecule has 0 saturated heterocycles. The van der Waals surface area contributed by atoms with Gasteiger partial charge in [-0.1, -0.05) is 12.1 Å². The number of hydrogen-bond donors (Lipinski definition) is 2. The number of nitrogens with one attached hydrogen (secondary N) is 1. The van der Waals surface area contributed by atoms with Crippen LogP contribution in [0.1, 0.15) is 5.82 Å². The first-order chi connectivity index (χ1) is 8.18. The predicted octanol–water partition coefficient (Wildman–Crippen LogP) is 1.85. The van der Waals surface area contributed by atoms with Crippen LogP contribution in [0.2, 0.25) is 0 Å². The zero-order valence-electron chi connectivity index (χ0n) is 9.73. The Bertz CT molecular complexity index is 692. The summed E-state index contributed by atoms with van der Waals surface area (Å²) >= 11 is 0. The summed E-state index contributed by atoms with van der Waals surface area (Å²) in [7, 11) is 2.00. The number of H-pyrrole nitrogens is 1. The summed E-state index contributed by atoms with van der Waals surface area (Å²) in [6.45, 7) is 1.99. The van der Waals surface area contributed by atoms with Crippen molar-refractivity contribution >= 4 is 16.9 Å². The molecule has 0 spiro atoms. The average Bonchev–Trinajstić information content (AvgIpc) is 2.85. The number of aromatic nitrogens is 4. The van der Waals surface area contributed by atoms with Crippen LogP contribution in [-0.4, -0.2) is 19.7 Å². The molecule has 0 amide bonds. The molecule has 1 aromatic carbocycles. The maximum absolute atomic E-state index is 5.87. The fourth-order valence-electron chi connectivity index (χ4n) is 2.11. The molecule has 3 aromatic rings. The smallest absolute Gasteiger partial charge is 0.126 e. The van der Waals surface area contributed by atoms with Crippen LogP contribution in [0.3, 0.4) is 0 Å². The number of rotatable bonds is 1. The average molecular weight is 227 g/mol. The first-order valence-electron chi connectivity index (χ1n) is 5.39. The summed E-state index contributed by atoms with van der Waals surface area (Å²) in [5.74, 6) is 1.56. The minimum Gasteiger partial charge on any atom is -0.384 e. The number of nitrogen functional groups attached to an aromatic ring is 1. The molecule has 0 unspecified atom stereocenters. The van der Waals surface area contributed by atoms with Gasteiger partial charge in [0.2, 0.25) is 0 Å². The van der Waals surface area contributed by atoms with E-state index in [1.54, 1.807) is 6.20 Å². The molecule has 5 nitrogen and oxygen atoms in total. The lowest BCUT2D eigenvalue weighted by molar-refractivity contribution is 0.886. The normalized spacial score (nSPS) is 11.2. The summed E-state index contributed by atoms with van der Waals surface area (Å²) in [6, 6.07) is 6.02. The van der Waals surface area contributed by atoms with Crippen molar-refractivity contribution in [3.63, 3.8) is 0 Å². The maximum Gasteiger partial charge on any atom is 0.126 e. The van der Waals surface area contributed by atoms with Crippen LogP contribution in [0, 0.1) is 6.92 Å². The summed E-state index contributed by atoms with van der Waals surface area (Å²) in [4.78, 5) is 4.50. The molecule has 0 radical (unpaired) electrons. The molecule has 0 atom stereocenters. The molecule has 0 bridgehead atoms. The van der Waals surface area contributed by atoms with E-state index in [4.69, 9.17) is 5.73 Å². The Morgan fingerprint density at radius 1 is 1.29 bits per heavy atom. The Hall–Kier alpha value is -2.30. The van der Waals surface area contributed by atoms with E-state index in [1.807, 2.05) is 32.2 Å². The van der Waals surface area contributed by atoms with Crippen LogP contribution in [0.15, 0.2) is 24.4 Å². The van der Waals surface area contributed by atoms with Gasteiger partial charge >= 0.3 is 0 Å². The lowest BCUT2D eigenvalue weighted by Gasteiger charge is -2.04. The molecule has 17 heavy (non-hydrogen) atoms. The number of para-hydroxylation sites is 1. The Labute approximate surface area is 98.3 Å². The first kappa shape index (κ1) is 9.89. The molecule has 0 aliphatic carbocycles. The molecule has 0 aliphatic heterocycles. The number of nitrogens with zero attached hydrogens (tertiary/aromatic N) is 3. The standard InChI is InChI=1S/C12H13N5/c1-7-15-10-5-3-4-8(11(10)17(7)2)9-6-14-16-12(9)13/h3-6H,1-2H3,(H3,13,14,16). The maximum atomic E-state index is 5.87. The van der Waals surface area contributed by atoms with E-state index in [2.05, 4.69) is 19.7 Å². The third kappa shape index (κ3) is 1.32. The summed E-state index contributed by atoms with van der Waals surface area (Å²) in [5.41, 5.74) is 9.90. The van der Waals surface area contributed by atoms with Crippen LogP contribution >= 0.6 is 0 Å². The van der Waals surface area contributed by atoms with Gasteiger partial charge in [-0.15, -0.1) is 0 Å². The largest absolute Gasteiger partial charge is 0.384 e. The molecule has 3 rings (SSSR count). The second kappa shape index (κ2) is 3.35. The molecule has 0 aliphatic rings. The van der Waals surface area contributed by atoms with Gasteiger partial charge < -0.3 is 10.3 Å². The van der Waals surface area contributed by atoms with Gasteiger partial charge in [0.1, 0.15) is 11.6 Å². The predicted molar refractivity (Wildman–Crippen MR) is 67.4 cm³/mol. The third-order valence-electron chi connectivity index (χ3n) is 3.08. The van der Waals surface area contributed by atoms with Gasteiger partial charge in [-0.05, 0) is 13.0 Å². The second-order valence-corrected chi connectivity index (χ2v) is 4.09. The van der Waals surface area contributed by atoms with Gasteiger partial charge in [0, 0.05) is 18.2 Å². The van der Waals surface area contributed by atoms with Gasteiger partial charge in [0.15, 0.2) is 0 Å². The van der Waals surface area contributed by atoms with Crippen molar-refractivity contribution in [3.05, 3.63) is 30.2 Å². The number of aryl methyl sites for hydroxylation is 2. The number of nitrogens with two attached hydrogens (primary N) is 1.